The number of sulfonamides is 1. The van der Waals surface area contributed by atoms with Crippen LogP contribution in [0.2, 0.25) is 0 Å². The van der Waals surface area contributed by atoms with Crippen LogP contribution in [0.1, 0.15) is 43.1 Å². The Bertz CT molecular complexity index is 1830. The molecule has 1 aromatic heterocycles. The SMILES string of the molecule is CNCc1c(C2=CC=C(F)CC2)oc2cc(N(C)S(C)(=O)=O)c(-c3cccc(C4=NC5CC=C(C)C=C5S4)c3)cc12. The van der Waals surface area contributed by atoms with Gasteiger partial charge in [-0.3, -0.25) is 9.30 Å². The highest BCUT2D eigenvalue weighted by atomic mass is 32.2. The Morgan fingerprint density at radius 2 is 1.98 bits per heavy atom. The first-order chi connectivity index (χ1) is 19.6. The lowest BCUT2D eigenvalue weighted by atomic mass is 9.95. The summed E-state index contributed by atoms with van der Waals surface area (Å²) in [5.74, 6) is 0.555. The number of hydrogen-bond acceptors (Lipinski definition) is 6. The molecular weight excluding hydrogens is 558 g/mol. The maximum atomic E-state index is 13.8. The average Bonchev–Trinajstić information content (AvgIpc) is 3.53. The van der Waals surface area contributed by atoms with Crippen LogP contribution in [-0.4, -0.2) is 39.9 Å². The molecule has 3 aliphatic rings. The number of fused-ring (bicyclic) bond motifs is 2. The topological polar surface area (TPSA) is 74.9 Å². The predicted molar refractivity (Wildman–Crippen MR) is 168 cm³/mol. The van der Waals surface area contributed by atoms with E-state index >= 15 is 0 Å². The number of aliphatic imine (C=N–C) groups is 1. The Hall–Kier alpha value is -3.40. The van der Waals surface area contributed by atoms with Crippen molar-refractivity contribution in [2.45, 2.75) is 38.8 Å². The van der Waals surface area contributed by atoms with Crippen LogP contribution in [-0.2, 0) is 16.6 Å². The molecule has 0 spiro atoms. The van der Waals surface area contributed by atoms with Gasteiger partial charge in [-0.25, -0.2) is 12.8 Å². The van der Waals surface area contributed by atoms with E-state index in [-0.39, 0.29) is 11.9 Å². The van der Waals surface area contributed by atoms with Crippen LogP contribution in [0.5, 0.6) is 0 Å². The molecule has 3 aromatic rings. The van der Waals surface area contributed by atoms with Gasteiger partial charge < -0.3 is 9.73 Å². The van der Waals surface area contributed by atoms with Crippen molar-refractivity contribution in [1.29, 1.82) is 0 Å². The number of nitrogens with zero attached hydrogens (tertiary/aromatic N) is 2. The van der Waals surface area contributed by atoms with Gasteiger partial charge in [-0.1, -0.05) is 47.7 Å². The second-order valence-electron chi connectivity index (χ2n) is 10.7. The van der Waals surface area contributed by atoms with Gasteiger partial charge in [-0.2, -0.15) is 0 Å². The molecule has 0 bridgehead atoms. The molecule has 6 nitrogen and oxygen atoms in total. The minimum Gasteiger partial charge on any atom is -0.456 e. The summed E-state index contributed by atoms with van der Waals surface area (Å²) >= 11 is 1.70. The fraction of sp³-hybridized carbons (Fsp3) is 0.281. The van der Waals surface area contributed by atoms with E-state index in [2.05, 4.69) is 36.5 Å². The molecule has 0 fully saturated rings. The van der Waals surface area contributed by atoms with E-state index in [1.165, 1.54) is 27.1 Å². The van der Waals surface area contributed by atoms with E-state index in [1.807, 2.05) is 25.2 Å². The van der Waals surface area contributed by atoms with Gasteiger partial charge in [0.1, 0.15) is 22.2 Å². The van der Waals surface area contributed by atoms with Crippen LogP contribution in [0, 0.1) is 0 Å². The number of rotatable bonds is 7. The van der Waals surface area contributed by atoms with Crippen molar-refractivity contribution in [1.82, 2.24) is 5.32 Å². The molecule has 0 saturated heterocycles. The molecule has 9 heteroatoms. The second kappa shape index (κ2) is 10.8. The third-order valence-corrected chi connectivity index (χ3v) is 10.1. The Balaban J connectivity index is 1.51. The largest absolute Gasteiger partial charge is 0.456 e. The van der Waals surface area contributed by atoms with Crippen molar-refractivity contribution in [3.8, 4) is 11.1 Å². The van der Waals surface area contributed by atoms with Crippen molar-refractivity contribution in [3.63, 3.8) is 0 Å². The summed E-state index contributed by atoms with van der Waals surface area (Å²) in [7, 11) is -0.132. The normalized spacial score (nSPS) is 18.9. The molecule has 6 rings (SSSR count). The zero-order valence-corrected chi connectivity index (χ0v) is 25.1. The summed E-state index contributed by atoms with van der Waals surface area (Å²) in [6, 6.07) is 12.1. The van der Waals surface area contributed by atoms with Crippen LogP contribution in [0.3, 0.4) is 0 Å². The summed E-state index contributed by atoms with van der Waals surface area (Å²) in [4.78, 5) is 6.26. The maximum Gasteiger partial charge on any atom is 0.232 e. The molecule has 0 radical (unpaired) electrons. The van der Waals surface area contributed by atoms with Crippen LogP contribution < -0.4 is 9.62 Å². The van der Waals surface area contributed by atoms with Gasteiger partial charge in [0.05, 0.1) is 18.0 Å². The highest BCUT2D eigenvalue weighted by molar-refractivity contribution is 8.18. The number of furan rings is 1. The third kappa shape index (κ3) is 5.34. The zero-order chi connectivity index (χ0) is 28.9. The van der Waals surface area contributed by atoms with Gasteiger partial charge in [0.15, 0.2) is 0 Å². The molecule has 0 amide bonds. The summed E-state index contributed by atoms with van der Waals surface area (Å²) in [5, 5.41) is 5.09. The molecule has 212 valence electrons. The smallest absolute Gasteiger partial charge is 0.232 e. The van der Waals surface area contributed by atoms with Crippen LogP contribution in [0.25, 0.3) is 27.7 Å². The van der Waals surface area contributed by atoms with Gasteiger partial charge in [0.2, 0.25) is 10.0 Å². The number of benzene rings is 2. The third-order valence-electron chi connectivity index (χ3n) is 7.76. The van der Waals surface area contributed by atoms with E-state index in [9.17, 15) is 12.8 Å². The van der Waals surface area contributed by atoms with E-state index in [0.29, 0.717) is 36.4 Å². The van der Waals surface area contributed by atoms with E-state index in [1.54, 1.807) is 31.0 Å². The molecular formula is C32H32FN3O3S2. The van der Waals surface area contributed by atoms with Crippen molar-refractivity contribution < 1.29 is 17.2 Å². The molecule has 1 aliphatic heterocycles. The zero-order valence-electron chi connectivity index (χ0n) is 23.5. The second-order valence-corrected chi connectivity index (χ2v) is 13.8. The van der Waals surface area contributed by atoms with Crippen molar-refractivity contribution in [3.05, 3.63) is 93.9 Å². The molecule has 2 aliphatic carbocycles. The first-order valence-electron chi connectivity index (χ1n) is 13.6. The van der Waals surface area contributed by atoms with Gasteiger partial charge in [-0.05, 0) is 62.2 Å². The Labute approximate surface area is 244 Å². The van der Waals surface area contributed by atoms with E-state index in [0.717, 1.165) is 44.7 Å². The summed E-state index contributed by atoms with van der Waals surface area (Å²) < 4.78 is 46.9. The Morgan fingerprint density at radius 1 is 1.17 bits per heavy atom. The Kier molecular flexibility index (Phi) is 7.30. The van der Waals surface area contributed by atoms with Gasteiger partial charge in [0, 0.05) is 53.1 Å². The monoisotopic (exact) mass is 589 g/mol. The van der Waals surface area contributed by atoms with Gasteiger partial charge in [-0.15, -0.1) is 0 Å². The number of thioether (sulfide) groups is 1. The summed E-state index contributed by atoms with van der Waals surface area (Å²) in [5.41, 5.74) is 6.91. The fourth-order valence-electron chi connectivity index (χ4n) is 5.51. The maximum absolute atomic E-state index is 13.8. The molecule has 0 saturated carbocycles. The van der Waals surface area contributed by atoms with Crippen molar-refractivity contribution in [2.75, 3.05) is 24.7 Å². The fourth-order valence-corrected chi connectivity index (χ4v) is 7.19. The van der Waals surface area contributed by atoms with Crippen LogP contribution in [0.15, 0.2) is 86.4 Å². The lowest BCUT2D eigenvalue weighted by molar-refractivity contribution is 0.569. The molecule has 2 aromatic carbocycles. The lowest BCUT2D eigenvalue weighted by Gasteiger charge is -2.21. The number of nitrogens with one attached hydrogen (secondary N) is 1. The minimum absolute atomic E-state index is 0.147. The highest BCUT2D eigenvalue weighted by Crippen LogP contribution is 2.43. The number of anilines is 1. The summed E-state index contributed by atoms with van der Waals surface area (Å²) in [6.07, 6.45) is 10.7. The van der Waals surface area contributed by atoms with E-state index in [4.69, 9.17) is 9.41 Å². The molecule has 1 unspecified atom stereocenters. The number of halogens is 1. The molecule has 1 atom stereocenters. The van der Waals surface area contributed by atoms with Gasteiger partial charge in [0.25, 0.3) is 0 Å². The van der Waals surface area contributed by atoms with Gasteiger partial charge >= 0.3 is 0 Å². The first-order valence-corrected chi connectivity index (χ1v) is 16.3. The number of hydrogen-bond donors (Lipinski definition) is 1. The lowest BCUT2D eigenvalue weighted by Crippen LogP contribution is -2.25. The van der Waals surface area contributed by atoms with Crippen molar-refractivity contribution in [2.24, 2.45) is 4.99 Å². The minimum atomic E-state index is -3.56. The standard InChI is InChI=1S/C32H32FN3O3S2/c1-19-8-13-27-30(14-19)40-32(35-27)22-7-5-6-21(15-22)24-16-25-26(18-34-2)31(20-9-11-23(33)12-10-20)39-29(25)17-28(24)36(3)41(4,37)38/h5-9,11,14-17,27,34H,10,12-13,18H2,1-4H3. The molecule has 41 heavy (non-hydrogen) atoms. The molecule has 2 heterocycles. The molecule has 1 N–H and O–H groups in total. The van der Waals surface area contributed by atoms with E-state index < -0.39 is 10.0 Å². The summed E-state index contributed by atoms with van der Waals surface area (Å²) in [6.45, 7) is 2.66. The van der Waals surface area contributed by atoms with Crippen LogP contribution >= 0.6 is 11.8 Å². The van der Waals surface area contributed by atoms with Crippen molar-refractivity contribution >= 4 is 49.1 Å². The van der Waals surface area contributed by atoms with Crippen LogP contribution in [0.4, 0.5) is 10.1 Å². The predicted octanol–water partition coefficient (Wildman–Crippen LogP) is 7.34. The number of allylic oxidation sites excluding steroid dienone is 6. The average molecular weight is 590 g/mol. The quantitative estimate of drug-likeness (QED) is 0.312. The highest BCUT2D eigenvalue weighted by Gasteiger charge is 2.28. The Morgan fingerprint density at radius 3 is 2.71 bits per heavy atom. The first kappa shape index (κ1) is 27.8.